The van der Waals surface area contributed by atoms with Crippen LogP contribution in [0, 0.1) is 6.92 Å². The highest BCUT2D eigenvalue weighted by Gasteiger charge is 2.22. The first kappa shape index (κ1) is 18.3. The molecule has 0 aliphatic heterocycles. The van der Waals surface area contributed by atoms with Crippen molar-refractivity contribution in [2.45, 2.75) is 6.92 Å². The molecule has 8 heteroatoms. The van der Waals surface area contributed by atoms with Crippen LogP contribution in [-0.2, 0) is 0 Å². The predicted molar refractivity (Wildman–Crippen MR) is 119 cm³/mol. The molecule has 5 rings (SSSR count). The van der Waals surface area contributed by atoms with Gasteiger partial charge in [-0.1, -0.05) is 47.7 Å². The van der Waals surface area contributed by atoms with Crippen LogP contribution in [0.15, 0.2) is 78.1 Å². The summed E-state index contributed by atoms with van der Waals surface area (Å²) < 4.78 is 3.34. The second-order valence-corrected chi connectivity index (χ2v) is 7.81. The lowest BCUT2D eigenvalue weighted by Gasteiger charge is -2.22. The Morgan fingerprint density at radius 2 is 1.70 bits per heavy atom. The Bertz CT molecular complexity index is 1370. The molecule has 0 bridgehead atoms. The lowest BCUT2D eigenvalue weighted by atomic mass is 10.2. The number of rotatable bonds is 4. The van der Waals surface area contributed by atoms with Crippen molar-refractivity contribution in [3.05, 3.63) is 89.2 Å². The first-order valence-corrected chi connectivity index (χ1v) is 10.2. The van der Waals surface area contributed by atoms with Crippen LogP contribution in [0.1, 0.15) is 5.56 Å². The molecule has 3 aromatic heterocycles. The monoisotopic (exact) mass is 414 g/mol. The maximum absolute atomic E-state index is 13.7. The molecule has 7 nitrogen and oxygen atoms in total. The van der Waals surface area contributed by atoms with Crippen LogP contribution in [0.3, 0.4) is 0 Å². The highest BCUT2D eigenvalue weighted by Crippen LogP contribution is 2.33. The van der Waals surface area contributed by atoms with Crippen molar-refractivity contribution in [2.75, 3.05) is 11.9 Å². The van der Waals surface area contributed by atoms with E-state index in [1.54, 1.807) is 15.6 Å². The number of thiophene rings is 1. The molecule has 0 aliphatic rings. The fourth-order valence-electron chi connectivity index (χ4n) is 3.49. The minimum absolute atomic E-state index is 0.107. The first-order valence-electron chi connectivity index (χ1n) is 9.40. The standard InChI is InChI=1S/C22H18N6OS/c1-15-18-19(30-21(15)27-14-23-13-24-27)25-22(26(2)16-9-5-3-6-10-16)28(20(18)29)17-11-7-4-8-12-17/h3-14H,1-2H3. The third kappa shape index (κ3) is 2.89. The Morgan fingerprint density at radius 3 is 2.37 bits per heavy atom. The SMILES string of the molecule is Cc1c(-n2cncn2)sc2nc(N(C)c3ccccc3)n(-c3ccccc3)c(=O)c12. The summed E-state index contributed by atoms with van der Waals surface area (Å²) in [5.74, 6) is 0.552. The van der Waals surface area contributed by atoms with Crippen molar-refractivity contribution >= 4 is 33.2 Å². The molecule has 0 amide bonds. The van der Waals surface area contributed by atoms with Crippen LogP contribution in [0.2, 0.25) is 0 Å². The smallest absolute Gasteiger partial charge is 0.268 e. The van der Waals surface area contributed by atoms with E-state index < -0.39 is 0 Å². The van der Waals surface area contributed by atoms with Gasteiger partial charge in [-0.15, -0.1) is 0 Å². The molecule has 148 valence electrons. The largest absolute Gasteiger partial charge is 0.315 e. The van der Waals surface area contributed by atoms with Gasteiger partial charge in [-0.2, -0.15) is 5.10 Å². The van der Waals surface area contributed by atoms with Crippen molar-refractivity contribution in [2.24, 2.45) is 0 Å². The number of hydrogen-bond donors (Lipinski definition) is 0. The van der Waals surface area contributed by atoms with Crippen LogP contribution < -0.4 is 10.5 Å². The Morgan fingerprint density at radius 1 is 1.00 bits per heavy atom. The van der Waals surface area contributed by atoms with E-state index in [0.29, 0.717) is 16.2 Å². The zero-order chi connectivity index (χ0) is 20.7. The van der Waals surface area contributed by atoms with Gasteiger partial charge in [-0.3, -0.25) is 4.79 Å². The van der Waals surface area contributed by atoms with Crippen molar-refractivity contribution in [1.29, 1.82) is 0 Å². The Kier molecular flexibility index (Phi) is 4.40. The molecule has 0 spiro atoms. The zero-order valence-electron chi connectivity index (χ0n) is 16.4. The molecule has 0 saturated heterocycles. The summed E-state index contributed by atoms with van der Waals surface area (Å²) in [6.45, 7) is 1.93. The Labute approximate surface area is 176 Å². The van der Waals surface area contributed by atoms with Gasteiger partial charge in [-0.25, -0.2) is 19.2 Å². The van der Waals surface area contributed by atoms with Gasteiger partial charge in [0.1, 0.15) is 22.5 Å². The van der Waals surface area contributed by atoms with Crippen LogP contribution in [-0.4, -0.2) is 31.4 Å². The van der Waals surface area contributed by atoms with Crippen molar-refractivity contribution in [1.82, 2.24) is 24.3 Å². The quantitative estimate of drug-likeness (QED) is 0.443. The second kappa shape index (κ2) is 7.23. The molecular formula is C22H18N6OS. The van der Waals surface area contributed by atoms with Gasteiger partial charge >= 0.3 is 0 Å². The molecule has 2 aromatic carbocycles. The molecule has 0 atom stereocenters. The van der Waals surface area contributed by atoms with E-state index in [-0.39, 0.29) is 5.56 Å². The third-order valence-corrected chi connectivity index (χ3v) is 6.18. The first-order chi connectivity index (χ1) is 14.6. The van der Waals surface area contributed by atoms with E-state index in [4.69, 9.17) is 4.98 Å². The van der Waals surface area contributed by atoms with Crippen molar-refractivity contribution in [3.8, 4) is 10.7 Å². The highest BCUT2D eigenvalue weighted by atomic mass is 32.1. The Hall–Kier alpha value is -3.78. The molecule has 0 fully saturated rings. The average molecular weight is 414 g/mol. The van der Waals surface area contributed by atoms with E-state index in [0.717, 1.165) is 21.9 Å². The minimum atomic E-state index is -0.107. The molecule has 5 aromatic rings. The number of hydrogen-bond acceptors (Lipinski definition) is 6. The van der Waals surface area contributed by atoms with Gasteiger partial charge in [0.2, 0.25) is 5.95 Å². The number of aryl methyl sites for hydroxylation is 1. The number of aromatic nitrogens is 5. The fraction of sp³-hybridized carbons (Fsp3) is 0.0909. The maximum Gasteiger partial charge on any atom is 0.268 e. The number of anilines is 2. The normalized spacial score (nSPS) is 11.1. The van der Waals surface area contributed by atoms with E-state index in [2.05, 4.69) is 10.1 Å². The van der Waals surface area contributed by atoms with Crippen LogP contribution in [0.4, 0.5) is 11.6 Å². The molecule has 3 heterocycles. The maximum atomic E-state index is 13.7. The average Bonchev–Trinajstić information content (AvgIpc) is 3.42. The fourth-order valence-corrected chi connectivity index (χ4v) is 4.59. The van der Waals surface area contributed by atoms with E-state index in [1.165, 1.54) is 17.7 Å². The lowest BCUT2D eigenvalue weighted by Crippen LogP contribution is -2.27. The Balaban J connectivity index is 1.83. The van der Waals surface area contributed by atoms with Crippen LogP contribution in [0.25, 0.3) is 20.9 Å². The van der Waals surface area contributed by atoms with Crippen LogP contribution in [0.5, 0.6) is 0 Å². The zero-order valence-corrected chi connectivity index (χ0v) is 17.2. The van der Waals surface area contributed by atoms with E-state index in [9.17, 15) is 4.79 Å². The topological polar surface area (TPSA) is 68.8 Å². The number of benzene rings is 2. The summed E-state index contributed by atoms with van der Waals surface area (Å²) in [5.41, 5.74) is 2.45. The number of nitrogens with zero attached hydrogens (tertiary/aromatic N) is 6. The van der Waals surface area contributed by atoms with Gasteiger partial charge < -0.3 is 4.90 Å². The van der Waals surface area contributed by atoms with E-state index in [1.807, 2.05) is 79.5 Å². The molecule has 0 unspecified atom stereocenters. The van der Waals surface area contributed by atoms with Gasteiger partial charge in [0.15, 0.2) is 0 Å². The molecule has 30 heavy (non-hydrogen) atoms. The van der Waals surface area contributed by atoms with Gasteiger partial charge in [0.05, 0.1) is 11.1 Å². The predicted octanol–water partition coefficient (Wildman–Crippen LogP) is 4.10. The number of fused-ring (bicyclic) bond motifs is 1. The summed E-state index contributed by atoms with van der Waals surface area (Å²) in [7, 11) is 1.92. The summed E-state index contributed by atoms with van der Waals surface area (Å²) in [6.07, 6.45) is 3.11. The van der Waals surface area contributed by atoms with Crippen molar-refractivity contribution in [3.63, 3.8) is 0 Å². The van der Waals surface area contributed by atoms with E-state index >= 15 is 0 Å². The molecule has 0 aliphatic carbocycles. The van der Waals surface area contributed by atoms with Gasteiger partial charge in [-0.05, 0) is 31.2 Å². The van der Waals surface area contributed by atoms with Crippen LogP contribution >= 0.6 is 11.3 Å². The highest BCUT2D eigenvalue weighted by molar-refractivity contribution is 7.21. The lowest BCUT2D eigenvalue weighted by molar-refractivity contribution is 0.889. The van der Waals surface area contributed by atoms with Gasteiger partial charge in [0.25, 0.3) is 5.56 Å². The third-order valence-electron chi connectivity index (χ3n) is 5.01. The summed E-state index contributed by atoms with van der Waals surface area (Å²) in [4.78, 5) is 25.3. The minimum Gasteiger partial charge on any atom is -0.315 e. The summed E-state index contributed by atoms with van der Waals surface area (Å²) in [5, 5.41) is 5.66. The second-order valence-electron chi connectivity index (χ2n) is 6.83. The molecule has 0 saturated carbocycles. The molecule has 0 radical (unpaired) electrons. The summed E-state index contributed by atoms with van der Waals surface area (Å²) in [6, 6.07) is 19.5. The van der Waals surface area contributed by atoms with Gasteiger partial charge in [0, 0.05) is 18.3 Å². The molecule has 0 N–H and O–H groups in total. The summed E-state index contributed by atoms with van der Waals surface area (Å²) >= 11 is 1.44. The molecular weight excluding hydrogens is 396 g/mol. The van der Waals surface area contributed by atoms with Crippen molar-refractivity contribution < 1.29 is 0 Å². The number of para-hydroxylation sites is 2.